The highest BCUT2D eigenvalue weighted by Crippen LogP contribution is 2.42. The van der Waals surface area contributed by atoms with Crippen molar-refractivity contribution in [2.75, 3.05) is 0 Å². The van der Waals surface area contributed by atoms with Crippen LogP contribution in [-0.2, 0) is 11.3 Å². The summed E-state index contributed by atoms with van der Waals surface area (Å²) in [6.45, 7) is 4.40. The van der Waals surface area contributed by atoms with Gasteiger partial charge in [0.15, 0.2) is 11.5 Å². The lowest BCUT2D eigenvalue weighted by atomic mass is 10.0. The van der Waals surface area contributed by atoms with Gasteiger partial charge in [-0.3, -0.25) is 0 Å². The van der Waals surface area contributed by atoms with Gasteiger partial charge < -0.3 is 19.7 Å². The van der Waals surface area contributed by atoms with E-state index in [1.54, 1.807) is 0 Å². The van der Waals surface area contributed by atoms with Crippen molar-refractivity contribution in [2.45, 2.75) is 38.9 Å². The number of hydrogen-bond acceptors (Lipinski definition) is 7. The van der Waals surface area contributed by atoms with Crippen molar-refractivity contribution >= 4 is 44.5 Å². The van der Waals surface area contributed by atoms with E-state index in [4.69, 9.17) is 16.0 Å². The Morgan fingerprint density at radius 1 is 1.20 bits per heavy atom. The zero-order valence-corrected chi connectivity index (χ0v) is 21.3. The summed E-state index contributed by atoms with van der Waals surface area (Å²) in [5.41, 5.74) is 2.78. The van der Waals surface area contributed by atoms with Crippen LogP contribution in [0, 0.1) is 0 Å². The van der Waals surface area contributed by atoms with Crippen molar-refractivity contribution < 1.29 is 14.3 Å². The van der Waals surface area contributed by atoms with Crippen LogP contribution < -0.4 is 5.32 Å². The second kappa shape index (κ2) is 9.01. The Balaban J connectivity index is 1.56. The number of carbonyl (C=O) groups is 1. The van der Waals surface area contributed by atoms with Crippen molar-refractivity contribution in [3.05, 3.63) is 63.4 Å². The monoisotopic (exact) mass is 556 g/mol. The maximum Gasteiger partial charge on any atom is 0.355 e. The number of nitrogens with zero attached hydrogens (tertiary/aromatic N) is 4. The average molecular weight is 558 g/mol. The van der Waals surface area contributed by atoms with E-state index in [1.165, 1.54) is 0 Å². The normalized spacial score (nSPS) is 15.1. The first-order chi connectivity index (χ1) is 16.9. The van der Waals surface area contributed by atoms with Crippen LogP contribution >= 0.6 is 27.5 Å². The predicted molar refractivity (Wildman–Crippen MR) is 135 cm³/mol. The number of hydrogen-bond donors (Lipinski definition) is 3. The number of carboxylic acid groups (broad SMARTS) is 1. The van der Waals surface area contributed by atoms with Crippen molar-refractivity contribution in [3.8, 4) is 22.7 Å². The molecule has 1 aliphatic rings. The Hall–Kier alpha value is -3.37. The van der Waals surface area contributed by atoms with E-state index < -0.39 is 11.6 Å². The first-order valence-electron chi connectivity index (χ1n) is 11.1. The van der Waals surface area contributed by atoms with E-state index in [0.29, 0.717) is 36.6 Å². The second-order valence-corrected chi connectivity index (χ2v) is 9.46. The molecule has 35 heavy (non-hydrogen) atoms. The topological polar surface area (TPSA) is 120 Å². The van der Waals surface area contributed by atoms with Gasteiger partial charge in [-0.1, -0.05) is 55.8 Å². The third-order valence-electron chi connectivity index (χ3n) is 6.51. The van der Waals surface area contributed by atoms with Gasteiger partial charge >= 0.3 is 5.97 Å². The minimum Gasteiger partial charge on any atom is -0.476 e. The fourth-order valence-corrected chi connectivity index (χ4v) is 5.60. The fourth-order valence-electron chi connectivity index (χ4n) is 4.64. The number of rotatable bonds is 7. The molecule has 0 unspecified atom stereocenters. The number of halogens is 2. The van der Waals surface area contributed by atoms with Crippen LogP contribution in [0.3, 0.4) is 0 Å². The van der Waals surface area contributed by atoms with E-state index in [2.05, 4.69) is 41.9 Å². The predicted octanol–water partition coefficient (Wildman–Crippen LogP) is 5.46. The molecule has 3 N–H and O–H groups in total. The van der Waals surface area contributed by atoms with E-state index in [1.807, 2.05) is 61.2 Å². The summed E-state index contributed by atoms with van der Waals surface area (Å²) in [6, 6.07) is 13.5. The molecule has 11 heteroatoms. The summed E-state index contributed by atoms with van der Waals surface area (Å²) in [4.78, 5) is 13.9. The van der Waals surface area contributed by atoms with Crippen LogP contribution in [0.2, 0.25) is 0 Å². The highest BCUT2D eigenvalue weighted by molar-refractivity contribution is 9.10. The SMILES string of the molecule is CCC1(CC)NC(Cl)=C(C(=O)O)N1Cc1ccc2oc(-c3ccccc3-c3nnn[nH]3)c(Br)c2c1. The van der Waals surface area contributed by atoms with Gasteiger partial charge in [0.2, 0.25) is 0 Å². The molecule has 2 aromatic heterocycles. The quantitative estimate of drug-likeness (QED) is 0.256. The molecular formula is C24H22BrClN6O3. The lowest BCUT2D eigenvalue weighted by Gasteiger charge is -2.39. The van der Waals surface area contributed by atoms with Crippen LogP contribution in [0.5, 0.6) is 0 Å². The smallest absolute Gasteiger partial charge is 0.355 e. The van der Waals surface area contributed by atoms with Gasteiger partial charge in [-0.15, -0.1) is 5.10 Å². The maximum atomic E-state index is 12.0. The summed E-state index contributed by atoms with van der Waals surface area (Å²) in [7, 11) is 0. The van der Waals surface area contributed by atoms with Crippen molar-refractivity contribution in [1.82, 2.24) is 30.8 Å². The highest BCUT2D eigenvalue weighted by atomic mass is 79.9. The molecule has 9 nitrogen and oxygen atoms in total. The first kappa shape index (κ1) is 23.4. The lowest BCUT2D eigenvalue weighted by molar-refractivity contribution is -0.135. The van der Waals surface area contributed by atoms with Crippen LogP contribution in [0.4, 0.5) is 0 Å². The summed E-state index contributed by atoms with van der Waals surface area (Å²) in [5.74, 6) is 0.130. The van der Waals surface area contributed by atoms with E-state index in [-0.39, 0.29) is 10.9 Å². The van der Waals surface area contributed by atoms with Gasteiger partial charge in [0.1, 0.15) is 22.2 Å². The minimum absolute atomic E-state index is 0.0806. The summed E-state index contributed by atoms with van der Waals surface area (Å²) in [5, 5.41) is 28.3. The largest absolute Gasteiger partial charge is 0.476 e. The molecule has 0 saturated heterocycles. The number of aromatic nitrogens is 4. The molecule has 0 radical (unpaired) electrons. The Bertz CT molecular complexity index is 1450. The summed E-state index contributed by atoms with van der Waals surface area (Å²) >= 11 is 10.1. The molecule has 3 heterocycles. The zero-order chi connectivity index (χ0) is 24.7. The molecule has 0 saturated carbocycles. The van der Waals surface area contributed by atoms with E-state index >= 15 is 0 Å². The van der Waals surface area contributed by atoms with E-state index in [0.717, 1.165) is 26.5 Å². The van der Waals surface area contributed by atoms with Crippen molar-refractivity contribution in [1.29, 1.82) is 0 Å². The number of tetrazole rings is 1. The molecule has 0 atom stereocenters. The van der Waals surface area contributed by atoms with Gasteiger partial charge in [-0.2, -0.15) is 0 Å². The van der Waals surface area contributed by atoms with Gasteiger partial charge in [-0.05, 0) is 56.9 Å². The molecule has 1 aliphatic heterocycles. The Kier molecular flexibility index (Phi) is 6.02. The van der Waals surface area contributed by atoms with Crippen LogP contribution in [0.15, 0.2) is 62.2 Å². The zero-order valence-electron chi connectivity index (χ0n) is 19.0. The summed E-state index contributed by atoms with van der Waals surface area (Å²) in [6.07, 6.45) is 1.37. The van der Waals surface area contributed by atoms with Gasteiger partial charge in [0.05, 0.1) is 4.47 Å². The molecule has 0 amide bonds. The number of fused-ring (bicyclic) bond motifs is 1. The van der Waals surface area contributed by atoms with Crippen molar-refractivity contribution in [3.63, 3.8) is 0 Å². The average Bonchev–Trinajstić information content (AvgIpc) is 3.57. The van der Waals surface area contributed by atoms with Gasteiger partial charge in [0, 0.05) is 23.1 Å². The Labute approximate surface area is 214 Å². The Morgan fingerprint density at radius 3 is 2.60 bits per heavy atom. The number of aliphatic carboxylic acids is 1. The third kappa shape index (κ3) is 3.86. The molecule has 2 aromatic carbocycles. The fraction of sp³-hybridized carbons (Fsp3) is 0.250. The number of H-pyrrole nitrogens is 1. The molecule has 180 valence electrons. The summed E-state index contributed by atoms with van der Waals surface area (Å²) < 4.78 is 7.02. The molecular weight excluding hydrogens is 536 g/mol. The lowest BCUT2D eigenvalue weighted by Crippen LogP contribution is -2.51. The van der Waals surface area contributed by atoms with E-state index in [9.17, 15) is 9.90 Å². The highest BCUT2D eigenvalue weighted by Gasteiger charge is 2.44. The standard InChI is InChI=1S/C24H22BrClN6O3/c1-3-24(4-2)27-21(26)19(23(33)34)32(24)12-13-9-10-17-16(11-13)18(25)20(35-17)14-7-5-6-8-15(14)22-28-30-31-29-22/h5-11,27H,3-4,12H2,1-2H3,(H,33,34)(H,28,29,30,31). The van der Waals surface area contributed by atoms with Gasteiger partial charge in [0.25, 0.3) is 0 Å². The molecule has 5 rings (SSSR count). The molecule has 0 spiro atoms. The number of carboxylic acids is 1. The Morgan fingerprint density at radius 2 is 1.94 bits per heavy atom. The number of furan rings is 1. The second-order valence-electron chi connectivity index (χ2n) is 8.29. The van der Waals surface area contributed by atoms with Crippen molar-refractivity contribution in [2.24, 2.45) is 0 Å². The minimum atomic E-state index is -1.06. The van der Waals surface area contributed by atoms with Crippen LogP contribution in [-0.4, -0.2) is 42.3 Å². The molecule has 0 bridgehead atoms. The first-order valence-corrected chi connectivity index (χ1v) is 12.3. The van der Waals surface area contributed by atoms with Gasteiger partial charge in [-0.25, -0.2) is 9.89 Å². The maximum absolute atomic E-state index is 12.0. The number of nitrogens with one attached hydrogen (secondary N) is 2. The van der Waals surface area contributed by atoms with Crippen LogP contribution in [0.25, 0.3) is 33.7 Å². The number of benzene rings is 2. The third-order valence-corrected chi connectivity index (χ3v) is 7.57. The number of aromatic amines is 1. The molecule has 4 aromatic rings. The van der Waals surface area contributed by atoms with Crippen LogP contribution in [0.1, 0.15) is 32.3 Å². The molecule has 0 aliphatic carbocycles. The molecule has 0 fully saturated rings.